The van der Waals surface area contributed by atoms with Crippen molar-refractivity contribution in [3.63, 3.8) is 0 Å². The molecule has 0 aromatic heterocycles. The lowest BCUT2D eigenvalue weighted by Crippen LogP contribution is -2.44. The highest BCUT2D eigenvalue weighted by Gasteiger charge is 2.33. The number of nitrogens with zero attached hydrogens (tertiary/aromatic N) is 1. The van der Waals surface area contributed by atoms with Crippen molar-refractivity contribution in [2.45, 2.75) is 25.4 Å². The number of methoxy groups -OCH3 is 1. The monoisotopic (exact) mass is 372 g/mol. The summed E-state index contributed by atoms with van der Waals surface area (Å²) in [5.41, 5.74) is 3.86. The zero-order valence-corrected chi connectivity index (χ0v) is 16.1. The third-order valence-corrected chi connectivity index (χ3v) is 5.26. The zero-order chi connectivity index (χ0) is 19.5. The second-order valence-corrected chi connectivity index (χ2v) is 7.11. The number of hydrogen-bond acceptors (Lipinski definition) is 3. The number of rotatable bonds is 4. The fraction of sp³-hybridized carbons (Fsp3) is 0.208. The predicted molar refractivity (Wildman–Crippen MR) is 113 cm³/mol. The van der Waals surface area contributed by atoms with E-state index in [0.717, 1.165) is 29.1 Å². The highest BCUT2D eigenvalue weighted by atomic mass is 16.5. The van der Waals surface area contributed by atoms with Gasteiger partial charge in [0, 0.05) is 23.0 Å². The van der Waals surface area contributed by atoms with Crippen LogP contribution in [-0.2, 0) is 0 Å². The lowest BCUT2D eigenvalue weighted by Gasteiger charge is -2.40. The second kappa shape index (κ2) is 7.77. The third kappa shape index (κ3) is 3.46. The molecular formula is C24H24N2O2. The standard InChI is InChI=1S/C24H24N2O2/c1-17-16-22(25-19-12-14-20(28-2)15-13-19)21-10-6-7-11-23(21)26(17)24(27)18-8-4-3-5-9-18/h3-15,17,22,25H,16H2,1-2H3/t17-,22+/m0/s1. The van der Waals surface area contributed by atoms with Gasteiger partial charge in [0.2, 0.25) is 0 Å². The molecule has 0 saturated carbocycles. The van der Waals surface area contributed by atoms with Crippen molar-refractivity contribution < 1.29 is 9.53 Å². The molecule has 1 heterocycles. The van der Waals surface area contributed by atoms with E-state index in [-0.39, 0.29) is 18.0 Å². The summed E-state index contributed by atoms with van der Waals surface area (Å²) in [5.74, 6) is 0.881. The molecule has 1 N–H and O–H groups in total. The molecule has 1 aliphatic rings. The van der Waals surface area contributed by atoms with Crippen molar-refractivity contribution in [1.82, 2.24) is 0 Å². The van der Waals surface area contributed by atoms with Crippen LogP contribution in [0, 0.1) is 0 Å². The molecule has 1 aliphatic heterocycles. The van der Waals surface area contributed by atoms with E-state index >= 15 is 0 Å². The van der Waals surface area contributed by atoms with Crippen LogP contribution in [0.4, 0.5) is 11.4 Å². The average molecular weight is 372 g/mol. The molecule has 3 aromatic carbocycles. The summed E-state index contributed by atoms with van der Waals surface area (Å²) in [6.45, 7) is 2.11. The maximum Gasteiger partial charge on any atom is 0.258 e. The second-order valence-electron chi connectivity index (χ2n) is 7.11. The van der Waals surface area contributed by atoms with E-state index in [1.54, 1.807) is 7.11 Å². The fourth-order valence-electron chi connectivity index (χ4n) is 3.87. The van der Waals surface area contributed by atoms with Gasteiger partial charge < -0.3 is 15.0 Å². The van der Waals surface area contributed by atoms with Crippen LogP contribution in [0.25, 0.3) is 0 Å². The largest absolute Gasteiger partial charge is 0.497 e. The molecule has 142 valence electrons. The van der Waals surface area contributed by atoms with Crippen LogP contribution in [0.15, 0.2) is 78.9 Å². The Morgan fingerprint density at radius 1 is 0.964 bits per heavy atom. The van der Waals surface area contributed by atoms with Gasteiger partial charge >= 0.3 is 0 Å². The van der Waals surface area contributed by atoms with E-state index in [2.05, 4.69) is 18.3 Å². The van der Waals surface area contributed by atoms with Crippen LogP contribution in [0.2, 0.25) is 0 Å². The number of carbonyl (C=O) groups excluding carboxylic acids is 1. The minimum absolute atomic E-state index is 0.0449. The summed E-state index contributed by atoms with van der Waals surface area (Å²) >= 11 is 0. The molecule has 0 aliphatic carbocycles. The molecule has 0 unspecified atom stereocenters. The SMILES string of the molecule is COc1ccc(N[C@@H]2C[C@H](C)N(C(=O)c3ccccc3)c3ccccc32)cc1. The van der Waals surface area contributed by atoms with Gasteiger partial charge in [-0.05, 0) is 61.4 Å². The molecule has 0 fully saturated rings. The topological polar surface area (TPSA) is 41.6 Å². The van der Waals surface area contributed by atoms with Crippen molar-refractivity contribution in [3.8, 4) is 5.75 Å². The van der Waals surface area contributed by atoms with Gasteiger partial charge in [-0.3, -0.25) is 4.79 Å². The Morgan fingerprint density at radius 2 is 1.64 bits per heavy atom. The van der Waals surface area contributed by atoms with Gasteiger partial charge in [-0.2, -0.15) is 0 Å². The molecule has 3 aromatic rings. The van der Waals surface area contributed by atoms with Crippen LogP contribution >= 0.6 is 0 Å². The summed E-state index contributed by atoms with van der Waals surface area (Å²) in [4.78, 5) is 15.1. The van der Waals surface area contributed by atoms with Crippen molar-refractivity contribution in [2.24, 2.45) is 0 Å². The van der Waals surface area contributed by atoms with E-state index in [9.17, 15) is 4.79 Å². The molecule has 0 radical (unpaired) electrons. The summed E-state index contributed by atoms with van der Waals surface area (Å²) < 4.78 is 5.24. The summed E-state index contributed by atoms with van der Waals surface area (Å²) in [6, 6.07) is 25.8. The summed E-state index contributed by atoms with van der Waals surface area (Å²) in [7, 11) is 1.67. The first kappa shape index (κ1) is 18.1. The molecule has 28 heavy (non-hydrogen) atoms. The predicted octanol–water partition coefficient (Wildman–Crippen LogP) is 5.29. The van der Waals surface area contributed by atoms with Crippen LogP contribution in [-0.4, -0.2) is 19.1 Å². The van der Waals surface area contributed by atoms with Crippen LogP contribution in [0.5, 0.6) is 5.75 Å². The van der Waals surface area contributed by atoms with Crippen LogP contribution in [0.3, 0.4) is 0 Å². The van der Waals surface area contributed by atoms with Crippen LogP contribution in [0.1, 0.15) is 35.3 Å². The number of fused-ring (bicyclic) bond motifs is 1. The Labute approximate surface area is 165 Å². The number of ether oxygens (including phenoxy) is 1. The van der Waals surface area contributed by atoms with E-state index in [1.165, 1.54) is 0 Å². The van der Waals surface area contributed by atoms with Gasteiger partial charge in [-0.25, -0.2) is 0 Å². The highest BCUT2D eigenvalue weighted by molar-refractivity contribution is 6.07. The van der Waals surface area contributed by atoms with Crippen molar-refractivity contribution >= 4 is 17.3 Å². The van der Waals surface area contributed by atoms with Gasteiger partial charge in [0.25, 0.3) is 5.91 Å². The Kier molecular flexibility index (Phi) is 5.02. The third-order valence-electron chi connectivity index (χ3n) is 5.26. The maximum absolute atomic E-state index is 13.2. The Hall–Kier alpha value is -3.27. The number of para-hydroxylation sites is 1. The average Bonchev–Trinajstić information content (AvgIpc) is 2.75. The van der Waals surface area contributed by atoms with Gasteiger partial charge in [0.05, 0.1) is 13.2 Å². The smallest absolute Gasteiger partial charge is 0.258 e. The number of amides is 1. The van der Waals surface area contributed by atoms with Gasteiger partial charge in [0.15, 0.2) is 0 Å². The molecular weight excluding hydrogens is 348 g/mol. The minimum Gasteiger partial charge on any atom is -0.497 e. The summed E-state index contributed by atoms with van der Waals surface area (Å²) in [6.07, 6.45) is 0.835. The Balaban J connectivity index is 1.65. The Morgan fingerprint density at radius 3 is 2.36 bits per heavy atom. The number of hydrogen-bond donors (Lipinski definition) is 1. The van der Waals surface area contributed by atoms with E-state index in [4.69, 9.17) is 4.74 Å². The van der Waals surface area contributed by atoms with E-state index in [0.29, 0.717) is 5.56 Å². The van der Waals surface area contributed by atoms with Gasteiger partial charge in [0.1, 0.15) is 5.75 Å². The number of benzene rings is 3. The fourth-order valence-corrected chi connectivity index (χ4v) is 3.87. The van der Waals surface area contributed by atoms with Gasteiger partial charge in [-0.1, -0.05) is 36.4 Å². The maximum atomic E-state index is 13.2. The first-order chi connectivity index (χ1) is 13.7. The van der Waals surface area contributed by atoms with Gasteiger partial charge in [-0.15, -0.1) is 0 Å². The normalized spacial score (nSPS) is 18.3. The summed E-state index contributed by atoms with van der Waals surface area (Å²) in [5, 5.41) is 3.62. The highest BCUT2D eigenvalue weighted by Crippen LogP contribution is 2.39. The van der Waals surface area contributed by atoms with Crippen LogP contribution < -0.4 is 15.0 Å². The number of carbonyl (C=O) groups is 1. The molecule has 4 nitrogen and oxygen atoms in total. The molecule has 0 bridgehead atoms. The first-order valence-corrected chi connectivity index (χ1v) is 9.55. The molecule has 1 amide bonds. The Bertz CT molecular complexity index is 954. The number of nitrogens with one attached hydrogen (secondary N) is 1. The number of anilines is 2. The quantitative estimate of drug-likeness (QED) is 0.677. The van der Waals surface area contributed by atoms with E-state index < -0.39 is 0 Å². The molecule has 2 atom stereocenters. The van der Waals surface area contributed by atoms with Crippen molar-refractivity contribution in [3.05, 3.63) is 90.0 Å². The molecule has 0 spiro atoms. The van der Waals surface area contributed by atoms with E-state index in [1.807, 2.05) is 77.7 Å². The van der Waals surface area contributed by atoms with Crippen molar-refractivity contribution in [2.75, 3.05) is 17.3 Å². The molecule has 0 saturated heterocycles. The minimum atomic E-state index is 0.0449. The molecule has 4 heteroatoms. The van der Waals surface area contributed by atoms with Crippen molar-refractivity contribution in [1.29, 1.82) is 0 Å². The molecule has 4 rings (SSSR count). The zero-order valence-electron chi connectivity index (χ0n) is 16.1. The lowest BCUT2D eigenvalue weighted by molar-refractivity contribution is 0.0974. The first-order valence-electron chi connectivity index (χ1n) is 9.55. The lowest BCUT2D eigenvalue weighted by atomic mass is 9.90.